The summed E-state index contributed by atoms with van der Waals surface area (Å²) in [5.74, 6) is -0.514. The molecule has 0 bridgehead atoms. The van der Waals surface area contributed by atoms with Gasteiger partial charge in [-0.2, -0.15) is 13.9 Å². The molecule has 0 aliphatic carbocycles. The standard InChI is InChI=1S/C28H36ClF2N7O4/c1-5-19(25(32-2)33-3)26(40)34-21-15-38(35-24(21)20-14-18(29)6-7-22(20)42-27(30)31)16-23(39)37-12-13-41-28(17-37)8-10-36(4)11-9-28/h5-7,14-15,27,32-33H,1,8-13,16-17H2,2-4H3,(H,34,40). The number of carbonyl (C=O) groups excluding carboxylic acids is 2. The van der Waals surface area contributed by atoms with Crippen LogP contribution >= 0.6 is 11.6 Å². The number of nitrogens with zero attached hydrogens (tertiary/aromatic N) is 4. The zero-order valence-corrected chi connectivity index (χ0v) is 24.6. The Bertz CT molecular complexity index is 1340. The van der Waals surface area contributed by atoms with Gasteiger partial charge in [-0.3, -0.25) is 14.3 Å². The van der Waals surface area contributed by atoms with Gasteiger partial charge in [0.15, 0.2) is 0 Å². The number of hydrogen-bond donors (Lipinski definition) is 3. The number of halogens is 3. The van der Waals surface area contributed by atoms with Gasteiger partial charge >= 0.3 is 6.61 Å². The molecule has 42 heavy (non-hydrogen) atoms. The summed E-state index contributed by atoms with van der Waals surface area (Å²) in [4.78, 5) is 30.7. The largest absolute Gasteiger partial charge is 0.434 e. The number of piperidine rings is 1. The van der Waals surface area contributed by atoms with Crippen LogP contribution in [0.1, 0.15) is 12.8 Å². The second kappa shape index (κ2) is 13.5. The summed E-state index contributed by atoms with van der Waals surface area (Å²) in [6.45, 7) is 3.59. The second-order valence-corrected chi connectivity index (χ2v) is 10.6. The van der Waals surface area contributed by atoms with Gasteiger partial charge in [-0.1, -0.05) is 24.3 Å². The lowest BCUT2D eigenvalue weighted by Crippen LogP contribution is -2.58. The van der Waals surface area contributed by atoms with Crippen LogP contribution in [0, 0.1) is 0 Å². The van der Waals surface area contributed by atoms with Gasteiger partial charge in [0.1, 0.15) is 23.8 Å². The third-order valence-corrected chi connectivity index (χ3v) is 7.67. The highest BCUT2D eigenvalue weighted by Gasteiger charge is 2.40. The Morgan fingerprint density at radius 2 is 1.95 bits per heavy atom. The van der Waals surface area contributed by atoms with E-state index in [1.165, 1.54) is 35.2 Å². The average molecular weight is 608 g/mol. The maximum atomic E-state index is 13.5. The third-order valence-electron chi connectivity index (χ3n) is 7.44. The molecular formula is C28H36ClF2N7O4. The first-order valence-corrected chi connectivity index (χ1v) is 13.9. The van der Waals surface area contributed by atoms with Gasteiger partial charge in [0.05, 0.1) is 23.5 Å². The molecule has 3 heterocycles. The van der Waals surface area contributed by atoms with E-state index >= 15 is 0 Å². The van der Waals surface area contributed by atoms with E-state index in [-0.39, 0.29) is 51.3 Å². The van der Waals surface area contributed by atoms with E-state index in [1.54, 1.807) is 19.0 Å². The van der Waals surface area contributed by atoms with Crippen molar-refractivity contribution in [2.45, 2.75) is 31.6 Å². The topological polar surface area (TPSA) is 113 Å². The number of ether oxygens (including phenoxy) is 2. The number of rotatable bonds is 10. The Labute approximate surface area is 248 Å². The van der Waals surface area contributed by atoms with Crippen molar-refractivity contribution < 1.29 is 27.8 Å². The van der Waals surface area contributed by atoms with Crippen LogP contribution in [0.3, 0.4) is 0 Å². The van der Waals surface area contributed by atoms with Crippen LogP contribution in [-0.4, -0.2) is 97.5 Å². The molecule has 3 N–H and O–H groups in total. The number of likely N-dealkylation sites (tertiary alicyclic amines) is 1. The third kappa shape index (κ3) is 7.20. The van der Waals surface area contributed by atoms with Gasteiger partial charge in [-0.15, -0.1) is 0 Å². The highest BCUT2D eigenvalue weighted by atomic mass is 35.5. The fourth-order valence-corrected chi connectivity index (χ4v) is 5.37. The van der Waals surface area contributed by atoms with Crippen molar-refractivity contribution >= 4 is 29.1 Å². The van der Waals surface area contributed by atoms with Gasteiger partial charge < -0.3 is 35.2 Å². The van der Waals surface area contributed by atoms with E-state index in [0.29, 0.717) is 25.5 Å². The number of anilines is 1. The lowest BCUT2D eigenvalue weighted by molar-refractivity contribution is -0.159. The Kier molecular flexibility index (Phi) is 10.1. The fraction of sp³-hybridized carbons (Fsp3) is 0.464. The molecule has 0 atom stereocenters. The number of hydrogen-bond acceptors (Lipinski definition) is 8. The SMILES string of the molecule is C=CC(C(=O)Nc1cn(CC(=O)N2CCOC3(CCN(C)CC3)C2)nc1-c1cc(Cl)ccc1OC(F)F)=C(NC)NC. The van der Waals surface area contributed by atoms with Gasteiger partial charge in [-0.25, -0.2) is 0 Å². The Hall–Kier alpha value is -3.68. The predicted octanol–water partition coefficient (Wildman–Crippen LogP) is 2.90. The first kappa shape index (κ1) is 31.3. The average Bonchev–Trinajstić information content (AvgIpc) is 3.35. The zero-order chi connectivity index (χ0) is 30.4. The summed E-state index contributed by atoms with van der Waals surface area (Å²) < 4.78 is 38.7. The Balaban J connectivity index is 1.66. The van der Waals surface area contributed by atoms with E-state index in [1.807, 2.05) is 0 Å². The highest BCUT2D eigenvalue weighted by molar-refractivity contribution is 6.31. The zero-order valence-electron chi connectivity index (χ0n) is 23.9. The number of nitrogens with one attached hydrogen (secondary N) is 3. The van der Waals surface area contributed by atoms with Crippen molar-refractivity contribution in [2.24, 2.45) is 0 Å². The predicted molar refractivity (Wildman–Crippen MR) is 155 cm³/mol. The molecule has 1 aromatic heterocycles. The monoisotopic (exact) mass is 607 g/mol. The summed E-state index contributed by atoms with van der Waals surface area (Å²) in [6.07, 6.45) is 4.51. The van der Waals surface area contributed by atoms with Gasteiger partial charge in [0.2, 0.25) is 5.91 Å². The van der Waals surface area contributed by atoms with E-state index < -0.39 is 12.5 Å². The quantitative estimate of drug-likeness (QED) is 0.279. The van der Waals surface area contributed by atoms with Crippen LogP contribution in [0.25, 0.3) is 11.3 Å². The number of carbonyl (C=O) groups is 2. The fourth-order valence-electron chi connectivity index (χ4n) is 5.20. The summed E-state index contributed by atoms with van der Waals surface area (Å²) in [5, 5.41) is 13.3. The number of alkyl halides is 2. The second-order valence-electron chi connectivity index (χ2n) is 10.2. The molecular weight excluding hydrogens is 572 g/mol. The molecule has 2 amide bonds. The van der Waals surface area contributed by atoms with E-state index in [4.69, 9.17) is 21.1 Å². The van der Waals surface area contributed by atoms with E-state index in [2.05, 4.69) is 39.6 Å². The van der Waals surface area contributed by atoms with Crippen molar-refractivity contribution in [1.82, 2.24) is 30.2 Å². The summed E-state index contributed by atoms with van der Waals surface area (Å²) in [5.41, 5.74) is 0.202. The lowest BCUT2D eigenvalue weighted by Gasteiger charge is -2.46. The molecule has 0 unspecified atom stereocenters. The van der Waals surface area contributed by atoms with Crippen molar-refractivity contribution in [2.75, 3.05) is 59.2 Å². The van der Waals surface area contributed by atoms with Crippen molar-refractivity contribution in [1.29, 1.82) is 0 Å². The van der Waals surface area contributed by atoms with Crippen LogP contribution in [0.15, 0.2) is 48.4 Å². The van der Waals surface area contributed by atoms with Crippen molar-refractivity contribution in [3.05, 3.63) is 53.5 Å². The van der Waals surface area contributed by atoms with Gasteiger partial charge in [0, 0.05) is 57.1 Å². The number of amides is 2. The molecule has 14 heteroatoms. The molecule has 0 radical (unpaired) electrons. The van der Waals surface area contributed by atoms with Crippen molar-refractivity contribution in [3.63, 3.8) is 0 Å². The number of benzene rings is 1. The van der Waals surface area contributed by atoms with Crippen molar-refractivity contribution in [3.8, 4) is 17.0 Å². The summed E-state index contributed by atoms with van der Waals surface area (Å²) >= 11 is 6.21. The van der Waals surface area contributed by atoms with E-state index in [0.717, 1.165) is 25.9 Å². The maximum absolute atomic E-state index is 13.5. The minimum atomic E-state index is -3.11. The molecule has 2 saturated heterocycles. The van der Waals surface area contributed by atoms with E-state index in [9.17, 15) is 18.4 Å². The van der Waals surface area contributed by atoms with Crippen LogP contribution in [0.5, 0.6) is 5.75 Å². The number of aromatic nitrogens is 2. The smallest absolute Gasteiger partial charge is 0.387 e. The Morgan fingerprint density at radius 3 is 2.60 bits per heavy atom. The molecule has 1 spiro atoms. The minimum absolute atomic E-state index is 0.0990. The molecule has 1 aromatic carbocycles. The van der Waals surface area contributed by atoms with Crippen LogP contribution < -0.4 is 20.7 Å². The van der Waals surface area contributed by atoms with Crippen LogP contribution in [0.2, 0.25) is 5.02 Å². The molecule has 0 saturated carbocycles. The first-order valence-electron chi connectivity index (χ1n) is 13.5. The Morgan fingerprint density at radius 1 is 1.24 bits per heavy atom. The molecule has 11 nitrogen and oxygen atoms in total. The minimum Gasteiger partial charge on any atom is -0.434 e. The molecule has 2 fully saturated rings. The van der Waals surface area contributed by atoms with Crippen LogP contribution in [-0.2, 0) is 20.9 Å². The molecule has 228 valence electrons. The lowest BCUT2D eigenvalue weighted by atomic mass is 9.89. The molecule has 2 aliphatic rings. The normalized spacial score (nSPS) is 16.7. The van der Waals surface area contributed by atoms with Gasteiger partial charge in [0.25, 0.3) is 5.91 Å². The maximum Gasteiger partial charge on any atom is 0.387 e. The summed E-state index contributed by atoms with van der Waals surface area (Å²) in [6, 6.07) is 4.11. The van der Waals surface area contributed by atoms with Crippen LogP contribution in [0.4, 0.5) is 14.5 Å². The van der Waals surface area contributed by atoms with Gasteiger partial charge in [-0.05, 0) is 38.1 Å². The summed E-state index contributed by atoms with van der Waals surface area (Å²) in [7, 11) is 5.34. The first-order chi connectivity index (χ1) is 20.1. The molecule has 4 rings (SSSR count). The highest BCUT2D eigenvalue weighted by Crippen LogP contribution is 2.37. The number of morpholine rings is 1. The molecule has 2 aromatic rings. The molecule has 2 aliphatic heterocycles.